The van der Waals surface area contributed by atoms with Gasteiger partial charge in [0.05, 0.1) is 0 Å². The largest absolute Gasteiger partial charge is 0.310 e. The average Bonchev–Trinajstić information content (AvgIpc) is 2.74. The SMILES string of the molecule is Cc1ccc(-c2ccc(N(c3ccc(Br)c(C)c3)c3ccc(Br)c(C)c3)cc2C)cc1. The molecule has 0 atom stereocenters. The fourth-order valence-corrected chi connectivity index (χ4v) is 4.32. The molecule has 0 bridgehead atoms. The van der Waals surface area contributed by atoms with E-state index in [9.17, 15) is 0 Å². The van der Waals surface area contributed by atoms with Crippen LogP contribution in [0.3, 0.4) is 0 Å². The van der Waals surface area contributed by atoms with Crippen LogP contribution in [0.25, 0.3) is 11.1 Å². The molecular formula is C28H25Br2N. The Morgan fingerprint density at radius 3 is 1.42 bits per heavy atom. The summed E-state index contributed by atoms with van der Waals surface area (Å²) in [5.74, 6) is 0. The Labute approximate surface area is 202 Å². The van der Waals surface area contributed by atoms with E-state index in [1.807, 2.05) is 0 Å². The van der Waals surface area contributed by atoms with Crippen LogP contribution < -0.4 is 4.90 Å². The summed E-state index contributed by atoms with van der Waals surface area (Å²) >= 11 is 7.28. The van der Waals surface area contributed by atoms with Crippen LogP contribution in [-0.2, 0) is 0 Å². The number of anilines is 3. The minimum Gasteiger partial charge on any atom is -0.310 e. The van der Waals surface area contributed by atoms with Crippen LogP contribution in [0.5, 0.6) is 0 Å². The summed E-state index contributed by atoms with van der Waals surface area (Å²) in [7, 11) is 0. The molecule has 31 heavy (non-hydrogen) atoms. The van der Waals surface area contributed by atoms with Crippen molar-refractivity contribution in [3.05, 3.63) is 110 Å². The maximum absolute atomic E-state index is 3.64. The van der Waals surface area contributed by atoms with Crippen molar-refractivity contribution in [1.29, 1.82) is 0 Å². The third-order valence-corrected chi connectivity index (χ3v) is 7.41. The molecule has 0 aliphatic carbocycles. The van der Waals surface area contributed by atoms with E-state index in [-0.39, 0.29) is 0 Å². The first-order valence-corrected chi connectivity index (χ1v) is 11.9. The van der Waals surface area contributed by atoms with Crippen molar-refractivity contribution < 1.29 is 0 Å². The van der Waals surface area contributed by atoms with E-state index in [0.29, 0.717) is 0 Å². The molecule has 0 unspecified atom stereocenters. The van der Waals surface area contributed by atoms with Gasteiger partial charge in [-0.15, -0.1) is 0 Å². The Bertz CT molecular complexity index is 1190. The Balaban J connectivity index is 1.84. The van der Waals surface area contributed by atoms with Gasteiger partial charge in [0.1, 0.15) is 0 Å². The van der Waals surface area contributed by atoms with E-state index in [2.05, 4.69) is 143 Å². The van der Waals surface area contributed by atoms with Crippen molar-refractivity contribution >= 4 is 48.9 Å². The molecule has 0 aliphatic heterocycles. The van der Waals surface area contributed by atoms with Gasteiger partial charge in [-0.05, 0) is 104 Å². The predicted octanol–water partition coefficient (Wildman–Crippen LogP) is 9.58. The molecule has 0 fully saturated rings. The third kappa shape index (κ3) is 4.63. The second kappa shape index (κ2) is 9.02. The van der Waals surface area contributed by atoms with Gasteiger partial charge < -0.3 is 4.90 Å². The van der Waals surface area contributed by atoms with Crippen LogP contribution in [0, 0.1) is 27.7 Å². The third-order valence-electron chi connectivity index (χ3n) is 5.63. The highest BCUT2D eigenvalue weighted by Crippen LogP contribution is 2.39. The standard InChI is InChI=1S/C28H25Br2N/c1-18-5-7-22(8-6-18)26-12-9-23(15-19(26)2)31(24-10-13-27(29)20(3)16-24)25-11-14-28(30)21(4)17-25/h5-17H,1-4H3. The lowest BCUT2D eigenvalue weighted by atomic mass is 9.98. The van der Waals surface area contributed by atoms with Crippen molar-refractivity contribution in [3.8, 4) is 11.1 Å². The number of rotatable bonds is 4. The first-order valence-electron chi connectivity index (χ1n) is 10.3. The van der Waals surface area contributed by atoms with Crippen molar-refractivity contribution in [3.63, 3.8) is 0 Å². The number of aryl methyl sites for hydroxylation is 4. The van der Waals surface area contributed by atoms with Crippen LogP contribution in [0.2, 0.25) is 0 Å². The molecule has 4 aromatic carbocycles. The summed E-state index contributed by atoms with van der Waals surface area (Å²) in [4.78, 5) is 2.32. The Morgan fingerprint density at radius 2 is 0.968 bits per heavy atom. The smallest absolute Gasteiger partial charge is 0.0465 e. The molecule has 0 radical (unpaired) electrons. The molecular weight excluding hydrogens is 510 g/mol. The van der Waals surface area contributed by atoms with E-state index in [0.717, 1.165) is 26.0 Å². The second-order valence-electron chi connectivity index (χ2n) is 8.07. The second-order valence-corrected chi connectivity index (χ2v) is 9.78. The zero-order chi connectivity index (χ0) is 22.1. The minimum atomic E-state index is 1.12. The van der Waals surface area contributed by atoms with E-state index in [1.165, 1.54) is 33.4 Å². The van der Waals surface area contributed by atoms with Gasteiger partial charge in [-0.2, -0.15) is 0 Å². The van der Waals surface area contributed by atoms with Gasteiger partial charge in [-0.1, -0.05) is 67.8 Å². The molecule has 156 valence electrons. The number of hydrogen-bond acceptors (Lipinski definition) is 1. The average molecular weight is 535 g/mol. The highest BCUT2D eigenvalue weighted by atomic mass is 79.9. The van der Waals surface area contributed by atoms with Crippen LogP contribution in [-0.4, -0.2) is 0 Å². The summed E-state index contributed by atoms with van der Waals surface area (Å²) in [6.45, 7) is 8.57. The molecule has 1 nitrogen and oxygen atoms in total. The molecule has 0 amide bonds. The van der Waals surface area contributed by atoms with E-state index in [1.54, 1.807) is 0 Å². The fourth-order valence-electron chi connectivity index (χ4n) is 3.83. The Kier molecular flexibility index (Phi) is 6.36. The Hall–Kier alpha value is -2.36. The van der Waals surface area contributed by atoms with Gasteiger partial charge in [0.25, 0.3) is 0 Å². The molecule has 4 aromatic rings. The summed E-state index contributed by atoms with van der Waals surface area (Å²) < 4.78 is 2.24. The van der Waals surface area contributed by atoms with Gasteiger partial charge >= 0.3 is 0 Å². The van der Waals surface area contributed by atoms with Crippen molar-refractivity contribution in [2.45, 2.75) is 27.7 Å². The van der Waals surface area contributed by atoms with E-state index >= 15 is 0 Å². The molecule has 0 heterocycles. The van der Waals surface area contributed by atoms with Gasteiger partial charge in [0.2, 0.25) is 0 Å². The van der Waals surface area contributed by atoms with Crippen molar-refractivity contribution in [2.24, 2.45) is 0 Å². The first-order chi connectivity index (χ1) is 14.8. The molecule has 0 saturated carbocycles. The van der Waals surface area contributed by atoms with Gasteiger partial charge in [-0.25, -0.2) is 0 Å². The van der Waals surface area contributed by atoms with Crippen LogP contribution in [0.1, 0.15) is 22.3 Å². The van der Waals surface area contributed by atoms with Crippen LogP contribution in [0.4, 0.5) is 17.1 Å². The molecule has 0 aromatic heterocycles. The zero-order valence-corrected chi connectivity index (χ0v) is 21.4. The quantitative estimate of drug-likeness (QED) is 0.252. The maximum Gasteiger partial charge on any atom is 0.0465 e. The summed E-state index contributed by atoms with van der Waals surface area (Å²) in [6.07, 6.45) is 0. The zero-order valence-electron chi connectivity index (χ0n) is 18.2. The summed E-state index contributed by atoms with van der Waals surface area (Å²) in [5, 5.41) is 0. The Morgan fingerprint density at radius 1 is 0.516 bits per heavy atom. The number of benzene rings is 4. The number of hydrogen-bond donors (Lipinski definition) is 0. The van der Waals surface area contributed by atoms with Gasteiger partial charge in [-0.3, -0.25) is 0 Å². The van der Waals surface area contributed by atoms with Crippen molar-refractivity contribution in [1.82, 2.24) is 0 Å². The highest BCUT2D eigenvalue weighted by molar-refractivity contribution is 9.10. The van der Waals surface area contributed by atoms with Crippen LogP contribution >= 0.6 is 31.9 Å². The molecule has 4 rings (SSSR count). The van der Waals surface area contributed by atoms with Gasteiger partial charge in [0.15, 0.2) is 0 Å². The van der Waals surface area contributed by atoms with Crippen LogP contribution in [0.15, 0.2) is 87.8 Å². The summed E-state index contributed by atoms with van der Waals surface area (Å²) in [6, 6.07) is 28.5. The monoisotopic (exact) mass is 533 g/mol. The molecule has 0 aliphatic rings. The first kappa shape index (κ1) is 21.9. The van der Waals surface area contributed by atoms with E-state index in [4.69, 9.17) is 0 Å². The molecule has 0 spiro atoms. The minimum absolute atomic E-state index is 1.12. The van der Waals surface area contributed by atoms with Gasteiger partial charge in [0, 0.05) is 26.0 Å². The maximum atomic E-state index is 3.64. The molecule has 0 saturated heterocycles. The summed E-state index contributed by atoms with van der Waals surface area (Å²) in [5.41, 5.74) is 10.9. The van der Waals surface area contributed by atoms with Crippen molar-refractivity contribution in [2.75, 3.05) is 4.90 Å². The normalized spacial score (nSPS) is 10.9. The molecule has 3 heteroatoms. The molecule has 0 N–H and O–H groups in total. The number of nitrogens with zero attached hydrogens (tertiary/aromatic N) is 1. The van der Waals surface area contributed by atoms with E-state index < -0.39 is 0 Å². The lowest BCUT2D eigenvalue weighted by Crippen LogP contribution is -2.11. The number of halogens is 2. The fraction of sp³-hybridized carbons (Fsp3) is 0.143. The lowest BCUT2D eigenvalue weighted by molar-refractivity contribution is 1.24. The lowest BCUT2D eigenvalue weighted by Gasteiger charge is -2.27. The highest BCUT2D eigenvalue weighted by Gasteiger charge is 2.15. The topological polar surface area (TPSA) is 3.24 Å². The predicted molar refractivity (Wildman–Crippen MR) is 141 cm³/mol.